The van der Waals surface area contributed by atoms with E-state index in [2.05, 4.69) is 0 Å². The standard InChI is InChI=1S/C11H12O5/c1-7(6-12)16-11(15)9-4-2-3-8(5-9)10(13)14/h2-5,7,12H,6H2,1H3,(H,13,14). The molecule has 1 aromatic carbocycles. The second-order valence-corrected chi connectivity index (χ2v) is 3.28. The largest absolute Gasteiger partial charge is 0.478 e. The molecule has 16 heavy (non-hydrogen) atoms. The highest BCUT2D eigenvalue weighted by molar-refractivity contribution is 5.94. The minimum atomic E-state index is -1.11. The Kier molecular flexibility index (Phi) is 4.02. The van der Waals surface area contributed by atoms with Crippen molar-refractivity contribution in [2.75, 3.05) is 6.61 Å². The third-order valence-corrected chi connectivity index (χ3v) is 1.91. The number of benzene rings is 1. The van der Waals surface area contributed by atoms with Crippen LogP contribution < -0.4 is 0 Å². The van der Waals surface area contributed by atoms with Crippen molar-refractivity contribution in [1.82, 2.24) is 0 Å². The molecule has 0 aliphatic heterocycles. The molecule has 0 saturated heterocycles. The van der Waals surface area contributed by atoms with Crippen molar-refractivity contribution >= 4 is 11.9 Å². The summed E-state index contributed by atoms with van der Waals surface area (Å²) >= 11 is 0. The fraction of sp³-hybridized carbons (Fsp3) is 0.273. The van der Waals surface area contributed by atoms with Crippen LogP contribution in [0.1, 0.15) is 27.6 Å². The molecular formula is C11H12O5. The first kappa shape index (κ1) is 12.2. The first-order valence-electron chi connectivity index (χ1n) is 4.69. The van der Waals surface area contributed by atoms with E-state index < -0.39 is 18.0 Å². The molecule has 1 unspecified atom stereocenters. The predicted octanol–water partition coefficient (Wildman–Crippen LogP) is 0.922. The molecule has 0 heterocycles. The zero-order valence-electron chi connectivity index (χ0n) is 8.71. The van der Waals surface area contributed by atoms with Gasteiger partial charge >= 0.3 is 11.9 Å². The monoisotopic (exact) mass is 224 g/mol. The average Bonchev–Trinajstić information content (AvgIpc) is 2.28. The summed E-state index contributed by atoms with van der Waals surface area (Å²) in [6.07, 6.45) is -0.610. The number of aromatic carboxylic acids is 1. The molecule has 1 aromatic rings. The topological polar surface area (TPSA) is 83.8 Å². The Bertz CT molecular complexity index is 399. The van der Waals surface area contributed by atoms with E-state index in [4.69, 9.17) is 14.9 Å². The summed E-state index contributed by atoms with van der Waals surface area (Å²) in [5.41, 5.74) is 0.173. The Balaban J connectivity index is 2.83. The van der Waals surface area contributed by atoms with Gasteiger partial charge in [-0.3, -0.25) is 0 Å². The van der Waals surface area contributed by atoms with Gasteiger partial charge in [0.15, 0.2) is 0 Å². The summed E-state index contributed by atoms with van der Waals surface area (Å²) in [5, 5.41) is 17.4. The molecule has 86 valence electrons. The predicted molar refractivity (Wildman–Crippen MR) is 55.4 cm³/mol. The van der Waals surface area contributed by atoms with E-state index in [0.717, 1.165) is 0 Å². The second kappa shape index (κ2) is 5.27. The lowest BCUT2D eigenvalue weighted by Crippen LogP contribution is -2.18. The Labute approximate surface area is 92.3 Å². The highest BCUT2D eigenvalue weighted by Crippen LogP contribution is 2.08. The van der Waals surface area contributed by atoms with Gasteiger partial charge in [-0.1, -0.05) is 6.07 Å². The van der Waals surface area contributed by atoms with Gasteiger partial charge < -0.3 is 14.9 Å². The second-order valence-electron chi connectivity index (χ2n) is 3.28. The van der Waals surface area contributed by atoms with E-state index in [1.165, 1.54) is 24.3 Å². The van der Waals surface area contributed by atoms with Crippen molar-refractivity contribution in [1.29, 1.82) is 0 Å². The van der Waals surface area contributed by atoms with Gasteiger partial charge in [0, 0.05) is 0 Å². The summed E-state index contributed by atoms with van der Waals surface area (Å²) in [7, 11) is 0. The Morgan fingerprint density at radius 1 is 1.38 bits per heavy atom. The van der Waals surface area contributed by atoms with Crippen molar-refractivity contribution in [3.63, 3.8) is 0 Å². The summed E-state index contributed by atoms with van der Waals surface area (Å²) in [6.45, 7) is 1.27. The zero-order chi connectivity index (χ0) is 12.1. The quantitative estimate of drug-likeness (QED) is 0.743. The number of carboxylic acids is 1. The minimum absolute atomic E-state index is 0.0195. The van der Waals surface area contributed by atoms with Gasteiger partial charge in [-0.15, -0.1) is 0 Å². The lowest BCUT2D eigenvalue weighted by atomic mass is 10.1. The van der Waals surface area contributed by atoms with Gasteiger partial charge in [-0.25, -0.2) is 9.59 Å². The van der Waals surface area contributed by atoms with Crippen molar-refractivity contribution in [2.24, 2.45) is 0 Å². The highest BCUT2D eigenvalue weighted by Gasteiger charge is 2.13. The van der Waals surface area contributed by atoms with Gasteiger partial charge in [-0.2, -0.15) is 0 Å². The lowest BCUT2D eigenvalue weighted by Gasteiger charge is -2.10. The maximum absolute atomic E-state index is 11.5. The van der Waals surface area contributed by atoms with Crippen LogP contribution in [-0.4, -0.2) is 34.9 Å². The number of rotatable bonds is 4. The van der Waals surface area contributed by atoms with Crippen LogP contribution in [0.2, 0.25) is 0 Å². The molecule has 1 atom stereocenters. The lowest BCUT2D eigenvalue weighted by molar-refractivity contribution is 0.0197. The van der Waals surface area contributed by atoms with Gasteiger partial charge in [0.1, 0.15) is 6.10 Å². The maximum Gasteiger partial charge on any atom is 0.338 e. The van der Waals surface area contributed by atoms with Crippen LogP contribution in [0.25, 0.3) is 0 Å². The van der Waals surface area contributed by atoms with E-state index in [1.54, 1.807) is 6.92 Å². The number of esters is 1. The van der Waals surface area contributed by atoms with Crippen LogP contribution >= 0.6 is 0 Å². The first-order chi connectivity index (χ1) is 7.54. The fourth-order valence-electron chi connectivity index (χ4n) is 1.07. The fourth-order valence-corrected chi connectivity index (χ4v) is 1.07. The van der Waals surface area contributed by atoms with E-state index in [0.29, 0.717) is 0 Å². The molecule has 0 saturated carbocycles. The van der Waals surface area contributed by atoms with E-state index in [9.17, 15) is 9.59 Å². The Morgan fingerprint density at radius 3 is 2.56 bits per heavy atom. The van der Waals surface area contributed by atoms with Crippen molar-refractivity contribution < 1.29 is 24.5 Å². The van der Waals surface area contributed by atoms with Crippen molar-refractivity contribution in [3.8, 4) is 0 Å². The van der Waals surface area contributed by atoms with Crippen LogP contribution in [0.15, 0.2) is 24.3 Å². The number of hydrogen-bond donors (Lipinski definition) is 2. The van der Waals surface area contributed by atoms with E-state index >= 15 is 0 Å². The molecule has 0 aliphatic carbocycles. The smallest absolute Gasteiger partial charge is 0.338 e. The number of aliphatic hydroxyl groups excluding tert-OH is 1. The van der Waals surface area contributed by atoms with Crippen LogP contribution in [0, 0.1) is 0 Å². The SMILES string of the molecule is CC(CO)OC(=O)c1cccc(C(=O)O)c1. The summed E-state index contributed by atoms with van der Waals surface area (Å²) < 4.78 is 4.84. The van der Waals surface area contributed by atoms with Gasteiger partial charge in [0.05, 0.1) is 17.7 Å². The summed E-state index contributed by atoms with van der Waals surface area (Å²) in [5.74, 6) is -1.76. The van der Waals surface area contributed by atoms with Crippen LogP contribution in [-0.2, 0) is 4.74 Å². The molecular weight excluding hydrogens is 212 g/mol. The van der Waals surface area contributed by atoms with Gasteiger partial charge in [0.25, 0.3) is 0 Å². The summed E-state index contributed by atoms with van der Waals surface area (Å²) in [6, 6.07) is 5.53. The van der Waals surface area contributed by atoms with Gasteiger partial charge in [-0.05, 0) is 25.1 Å². The zero-order valence-corrected chi connectivity index (χ0v) is 8.71. The van der Waals surface area contributed by atoms with Crippen LogP contribution in [0.5, 0.6) is 0 Å². The van der Waals surface area contributed by atoms with Crippen LogP contribution in [0.4, 0.5) is 0 Å². The number of ether oxygens (including phenoxy) is 1. The van der Waals surface area contributed by atoms with E-state index in [-0.39, 0.29) is 17.7 Å². The van der Waals surface area contributed by atoms with Crippen molar-refractivity contribution in [3.05, 3.63) is 35.4 Å². The molecule has 0 bridgehead atoms. The number of carbonyl (C=O) groups excluding carboxylic acids is 1. The molecule has 5 heteroatoms. The molecule has 0 amide bonds. The molecule has 5 nitrogen and oxygen atoms in total. The first-order valence-corrected chi connectivity index (χ1v) is 4.69. The normalized spacial score (nSPS) is 11.9. The number of hydrogen-bond acceptors (Lipinski definition) is 4. The molecule has 0 fully saturated rings. The Hall–Kier alpha value is -1.88. The number of carbonyl (C=O) groups is 2. The molecule has 0 spiro atoms. The molecule has 0 aromatic heterocycles. The maximum atomic E-state index is 11.5. The van der Waals surface area contributed by atoms with Crippen molar-refractivity contribution in [2.45, 2.75) is 13.0 Å². The molecule has 2 N–H and O–H groups in total. The average molecular weight is 224 g/mol. The number of carboxylic acid groups (broad SMARTS) is 1. The third-order valence-electron chi connectivity index (χ3n) is 1.91. The molecule has 0 aliphatic rings. The summed E-state index contributed by atoms with van der Waals surface area (Å²) in [4.78, 5) is 22.1. The highest BCUT2D eigenvalue weighted by atomic mass is 16.5. The molecule has 1 rings (SSSR count). The van der Waals surface area contributed by atoms with E-state index in [1.807, 2.05) is 0 Å². The molecule has 0 radical (unpaired) electrons. The van der Waals surface area contributed by atoms with Crippen LogP contribution in [0.3, 0.4) is 0 Å². The third kappa shape index (κ3) is 3.06. The number of aliphatic hydroxyl groups is 1. The Morgan fingerprint density at radius 2 is 2.00 bits per heavy atom. The minimum Gasteiger partial charge on any atom is -0.478 e. The van der Waals surface area contributed by atoms with Gasteiger partial charge in [0.2, 0.25) is 0 Å².